The molecule has 0 radical (unpaired) electrons. The third-order valence-electron chi connectivity index (χ3n) is 6.86. The SMILES string of the molecule is CC(C)(C)c1cc(C2=Cc3ccccc3C2)c2c(c1)-c1cccc(C(C)(C)C)c1C2. The van der Waals surface area contributed by atoms with Gasteiger partial charge in [0.1, 0.15) is 0 Å². The van der Waals surface area contributed by atoms with Crippen molar-refractivity contribution >= 4 is 11.6 Å². The molecule has 0 atom stereocenters. The van der Waals surface area contributed by atoms with E-state index in [4.69, 9.17) is 0 Å². The maximum atomic E-state index is 2.49. The summed E-state index contributed by atoms with van der Waals surface area (Å²) in [6, 6.07) is 20.7. The first-order valence-corrected chi connectivity index (χ1v) is 11.2. The van der Waals surface area contributed by atoms with Crippen LogP contribution in [0.3, 0.4) is 0 Å². The predicted octanol–water partition coefficient (Wildman–Crippen LogP) is 7.95. The van der Waals surface area contributed by atoms with Crippen LogP contribution in [0.15, 0.2) is 54.6 Å². The lowest BCUT2D eigenvalue weighted by Gasteiger charge is -2.23. The molecule has 3 aromatic rings. The Hall–Kier alpha value is -2.60. The molecule has 0 nitrogen and oxygen atoms in total. The predicted molar refractivity (Wildman–Crippen MR) is 130 cm³/mol. The van der Waals surface area contributed by atoms with Crippen molar-refractivity contribution in [3.8, 4) is 11.1 Å². The summed E-state index contributed by atoms with van der Waals surface area (Å²) in [5.41, 5.74) is 14.9. The maximum absolute atomic E-state index is 2.49. The number of hydrogen-bond acceptors (Lipinski definition) is 0. The standard InChI is InChI=1S/C30H32/c1-29(2,3)22-16-24(21-14-19-10-7-8-11-20(19)15-21)26-18-27-23(25(26)17-22)12-9-13-28(27)30(4,5)6/h7-14,16-17H,15,18H2,1-6H3. The third-order valence-corrected chi connectivity index (χ3v) is 6.86. The molecule has 2 aliphatic carbocycles. The van der Waals surface area contributed by atoms with Gasteiger partial charge in [0.25, 0.3) is 0 Å². The van der Waals surface area contributed by atoms with Gasteiger partial charge in [-0.15, -0.1) is 0 Å². The van der Waals surface area contributed by atoms with E-state index in [1.54, 1.807) is 0 Å². The maximum Gasteiger partial charge on any atom is -0.000445 e. The van der Waals surface area contributed by atoms with Crippen molar-refractivity contribution < 1.29 is 0 Å². The van der Waals surface area contributed by atoms with Crippen LogP contribution < -0.4 is 0 Å². The van der Waals surface area contributed by atoms with Gasteiger partial charge < -0.3 is 0 Å². The second-order valence-electron chi connectivity index (χ2n) is 11.1. The highest BCUT2D eigenvalue weighted by molar-refractivity contribution is 5.93. The summed E-state index contributed by atoms with van der Waals surface area (Å²) in [6.45, 7) is 14.0. The molecular weight excluding hydrogens is 360 g/mol. The summed E-state index contributed by atoms with van der Waals surface area (Å²) in [5.74, 6) is 0. The minimum absolute atomic E-state index is 0.125. The molecule has 0 saturated heterocycles. The molecule has 152 valence electrons. The zero-order chi connectivity index (χ0) is 21.3. The molecule has 0 aliphatic heterocycles. The fourth-order valence-corrected chi connectivity index (χ4v) is 5.18. The summed E-state index contributed by atoms with van der Waals surface area (Å²) in [4.78, 5) is 0. The van der Waals surface area contributed by atoms with Gasteiger partial charge in [0.15, 0.2) is 0 Å². The van der Waals surface area contributed by atoms with E-state index in [2.05, 4.69) is 102 Å². The highest BCUT2D eigenvalue weighted by Gasteiger charge is 2.31. The van der Waals surface area contributed by atoms with Crippen LogP contribution in [0.25, 0.3) is 22.8 Å². The fraction of sp³-hybridized carbons (Fsp3) is 0.333. The highest BCUT2D eigenvalue weighted by atomic mass is 14.3. The molecule has 0 saturated carbocycles. The number of benzene rings is 3. The molecule has 0 bridgehead atoms. The lowest BCUT2D eigenvalue weighted by molar-refractivity contribution is 0.585. The Morgan fingerprint density at radius 2 is 1.37 bits per heavy atom. The Kier molecular flexibility index (Phi) is 4.16. The van der Waals surface area contributed by atoms with Crippen LogP contribution in [-0.4, -0.2) is 0 Å². The molecule has 0 N–H and O–H groups in total. The molecule has 2 aliphatic rings. The molecule has 0 heteroatoms. The summed E-state index contributed by atoms with van der Waals surface area (Å²) in [7, 11) is 0. The Balaban J connectivity index is 1.73. The van der Waals surface area contributed by atoms with Crippen molar-refractivity contribution in [3.05, 3.63) is 93.5 Å². The Bertz CT molecular complexity index is 1190. The van der Waals surface area contributed by atoms with Gasteiger partial charge in [-0.25, -0.2) is 0 Å². The van der Waals surface area contributed by atoms with Crippen molar-refractivity contribution in [1.82, 2.24) is 0 Å². The van der Waals surface area contributed by atoms with Crippen molar-refractivity contribution in [2.75, 3.05) is 0 Å². The number of rotatable bonds is 1. The van der Waals surface area contributed by atoms with Gasteiger partial charge in [0, 0.05) is 0 Å². The summed E-state index contributed by atoms with van der Waals surface area (Å²) in [5, 5.41) is 0. The lowest BCUT2D eigenvalue weighted by Crippen LogP contribution is -2.13. The normalized spacial score (nSPS) is 14.9. The smallest absolute Gasteiger partial charge is 0.000445 e. The Morgan fingerprint density at radius 3 is 2.07 bits per heavy atom. The molecule has 5 rings (SSSR count). The average molecular weight is 393 g/mol. The van der Waals surface area contributed by atoms with E-state index in [1.807, 2.05) is 0 Å². The topological polar surface area (TPSA) is 0 Å². The zero-order valence-corrected chi connectivity index (χ0v) is 19.2. The summed E-state index contributed by atoms with van der Waals surface area (Å²) in [6.07, 6.45) is 4.51. The molecule has 0 fully saturated rings. The first-order chi connectivity index (χ1) is 14.1. The fourth-order valence-electron chi connectivity index (χ4n) is 5.18. The number of fused-ring (bicyclic) bond motifs is 4. The zero-order valence-electron chi connectivity index (χ0n) is 19.2. The van der Waals surface area contributed by atoms with Crippen LogP contribution in [0.1, 0.15) is 80.5 Å². The van der Waals surface area contributed by atoms with Gasteiger partial charge in [-0.05, 0) is 79.3 Å². The largest absolute Gasteiger partial charge is 0.0619 e. The van der Waals surface area contributed by atoms with Gasteiger partial charge in [-0.2, -0.15) is 0 Å². The summed E-state index contributed by atoms with van der Waals surface area (Å²) >= 11 is 0. The third kappa shape index (κ3) is 3.05. The second kappa shape index (κ2) is 6.45. The molecule has 0 amide bonds. The first-order valence-electron chi connectivity index (χ1n) is 11.2. The van der Waals surface area contributed by atoms with Crippen LogP contribution in [0, 0.1) is 0 Å². The average Bonchev–Trinajstić information content (AvgIpc) is 3.26. The van der Waals surface area contributed by atoms with E-state index in [0.717, 1.165) is 12.8 Å². The van der Waals surface area contributed by atoms with Crippen LogP contribution in [-0.2, 0) is 23.7 Å². The van der Waals surface area contributed by atoms with E-state index in [-0.39, 0.29) is 10.8 Å². The van der Waals surface area contributed by atoms with Crippen LogP contribution in [0.2, 0.25) is 0 Å². The number of hydrogen-bond donors (Lipinski definition) is 0. The van der Waals surface area contributed by atoms with Gasteiger partial charge in [-0.3, -0.25) is 0 Å². The van der Waals surface area contributed by atoms with Crippen LogP contribution >= 0.6 is 0 Å². The van der Waals surface area contributed by atoms with Gasteiger partial charge >= 0.3 is 0 Å². The van der Waals surface area contributed by atoms with Crippen molar-refractivity contribution in [3.63, 3.8) is 0 Å². The molecule has 0 unspecified atom stereocenters. The van der Waals surface area contributed by atoms with Gasteiger partial charge in [0.05, 0.1) is 0 Å². The first kappa shape index (κ1) is 19.4. The van der Waals surface area contributed by atoms with Crippen molar-refractivity contribution in [2.45, 2.75) is 65.2 Å². The van der Waals surface area contributed by atoms with Crippen molar-refractivity contribution in [2.24, 2.45) is 0 Å². The molecular formula is C30H32. The molecule has 3 aromatic carbocycles. The second-order valence-corrected chi connectivity index (χ2v) is 11.1. The summed E-state index contributed by atoms with van der Waals surface area (Å²) < 4.78 is 0. The van der Waals surface area contributed by atoms with Crippen LogP contribution in [0.5, 0.6) is 0 Å². The monoisotopic (exact) mass is 392 g/mol. The van der Waals surface area contributed by atoms with E-state index in [1.165, 1.54) is 55.6 Å². The van der Waals surface area contributed by atoms with E-state index < -0.39 is 0 Å². The van der Waals surface area contributed by atoms with E-state index in [9.17, 15) is 0 Å². The van der Waals surface area contributed by atoms with Gasteiger partial charge in [-0.1, -0.05) is 102 Å². The van der Waals surface area contributed by atoms with E-state index >= 15 is 0 Å². The molecule has 0 heterocycles. The lowest BCUT2D eigenvalue weighted by atomic mass is 9.82. The molecule has 0 spiro atoms. The Morgan fingerprint density at radius 1 is 0.633 bits per heavy atom. The minimum Gasteiger partial charge on any atom is -0.0619 e. The molecule has 30 heavy (non-hydrogen) atoms. The van der Waals surface area contributed by atoms with Gasteiger partial charge in [0.2, 0.25) is 0 Å². The number of allylic oxidation sites excluding steroid dienone is 1. The molecule has 0 aromatic heterocycles. The highest BCUT2D eigenvalue weighted by Crippen LogP contribution is 2.47. The minimum atomic E-state index is 0.125. The quantitative estimate of drug-likeness (QED) is 0.308. The Labute approximate surface area is 181 Å². The van der Waals surface area contributed by atoms with Crippen molar-refractivity contribution in [1.29, 1.82) is 0 Å². The van der Waals surface area contributed by atoms with E-state index in [0.29, 0.717) is 0 Å². The van der Waals surface area contributed by atoms with Crippen LogP contribution in [0.4, 0.5) is 0 Å².